The minimum atomic E-state index is -0.975. The van der Waals surface area contributed by atoms with Gasteiger partial charge in [-0.05, 0) is 90.5 Å². The number of ether oxygens (including phenoxy) is 1. The van der Waals surface area contributed by atoms with Gasteiger partial charge in [-0.15, -0.1) is 0 Å². The summed E-state index contributed by atoms with van der Waals surface area (Å²) in [6.07, 6.45) is 21.1. The summed E-state index contributed by atoms with van der Waals surface area (Å²) in [5, 5.41) is 19.6. The molecule has 42 heavy (non-hydrogen) atoms. The molecule has 0 bridgehead atoms. The normalized spacial score (nSPS) is 19.2. The van der Waals surface area contributed by atoms with Crippen LogP contribution in [-0.2, 0) is 17.6 Å². The van der Waals surface area contributed by atoms with Crippen LogP contribution in [0.3, 0.4) is 0 Å². The van der Waals surface area contributed by atoms with Crippen LogP contribution < -0.4 is 0 Å². The van der Waals surface area contributed by atoms with E-state index in [1.807, 2.05) is 0 Å². The fraction of sp³-hybridized carbons (Fsp3) is 0.436. The molecule has 4 atom stereocenters. The van der Waals surface area contributed by atoms with Gasteiger partial charge in [0.1, 0.15) is 0 Å². The SMILES string of the molecule is C=C(C)C(O)OCC(CO)CCc1ccc(-c2ccc(C3=CC4C=CC(CCCCC)=CC4C=C3)c(CC)c2)c(C)c1. The van der Waals surface area contributed by atoms with Crippen molar-refractivity contribution in [3.05, 3.63) is 113 Å². The van der Waals surface area contributed by atoms with Crippen molar-refractivity contribution in [3.8, 4) is 11.1 Å². The molecule has 0 heterocycles. The molecule has 0 aromatic heterocycles. The van der Waals surface area contributed by atoms with Crippen LogP contribution in [-0.4, -0.2) is 29.7 Å². The average molecular weight is 567 g/mol. The standard InChI is InChI=1S/C39H50O3/c1-6-8-9-10-29-13-15-34-24-36(17-16-33(34)22-29)38-20-18-35(23-32(38)7-2)37-19-14-30(21-28(37)5)11-12-31(25-40)26-42-39(41)27(3)4/h13-24,31,33-34,39-41H,3,6-12,25-26H2,1-2,4-5H3. The molecule has 0 amide bonds. The highest BCUT2D eigenvalue weighted by atomic mass is 16.6. The highest BCUT2D eigenvalue weighted by Crippen LogP contribution is 2.37. The molecule has 2 N–H and O–H groups in total. The molecule has 0 spiro atoms. The van der Waals surface area contributed by atoms with Gasteiger partial charge in [0.2, 0.25) is 0 Å². The first-order valence-corrected chi connectivity index (χ1v) is 15.9. The van der Waals surface area contributed by atoms with E-state index in [0.717, 1.165) is 19.3 Å². The minimum absolute atomic E-state index is 0.0231. The highest BCUT2D eigenvalue weighted by molar-refractivity contribution is 5.80. The van der Waals surface area contributed by atoms with Crippen molar-refractivity contribution in [2.24, 2.45) is 17.8 Å². The third-order valence-corrected chi connectivity index (χ3v) is 8.73. The van der Waals surface area contributed by atoms with Crippen molar-refractivity contribution < 1.29 is 14.9 Å². The van der Waals surface area contributed by atoms with E-state index in [4.69, 9.17) is 4.74 Å². The highest BCUT2D eigenvalue weighted by Gasteiger charge is 2.22. The lowest BCUT2D eigenvalue weighted by atomic mass is 9.78. The molecule has 3 nitrogen and oxygen atoms in total. The number of rotatable bonds is 15. The summed E-state index contributed by atoms with van der Waals surface area (Å²) in [5.74, 6) is 0.890. The third-order valence-electron chi connectivity index (χ3n) is 8.73. The first-order chi connectivity index (χ1) is 20.3. The van der Waals surface area contributed by atoms with Crippen LogP contribution in [0.1, 0.15) is 75.1 Å². The number of hydrogen-bond donors (Lipinski definition) is 2. The fourth-order valence-corrected chi connectivity index (χ4v) is 6.04. The minimum Gasteiger partial charge on any atom is -0.396 e. The number of hydrogen-bond acceptors (Lipinski definition) is 3. The van der Waals surface area contributed by atoms with Gasteiger partial charge in [-0.1, -0.05) is 112 Å². The zero-order valence-corrected chi connectivity index (χ0v) is 26.1. The average Bonchev–Trinajstić information content (AvgIpc) is 3.00. The van der Waals surface area contributed by atoms with E-state index in [1.54, 1.807) is 6.92 Å². The lowest BCUT2D eigenvalue weighted by molar-refractivity contribution is -0.0886. The lowest BCUT2D eigenvalue weighted by Gasteiger charge is -2.26. The Kier molecular flexibility index (Phi) is 11.8. The maximum atomic E-state index is 9.83. The largest absolute Gasteiger partial charge is 0.396 e. The Balaban J connectivity index is 1.43. The molecule has 0 saturated carbocycles. The Morgan fingerprint density at radius 3 is 2.43 bits per heavy atom. The molecule has 0 aliphatic heterocycles. The second-order valence-electron chi connectivity index (χ2n) is 12.2. The van der Waals surface area contributed by atoms with E-state index in [9.17, 15) is 10.2 Å². The molecule has 2 aliphatic carbocycles. The van der Waals surface area contributed by atoms with Crippen LogP contribution in [0.2, 0.25) is 0 Å². The topological polar surface area (TPSA) is 49.7 Å². The van der Waals surface area contributed by atoms with E-state index < -0.39 is 6.29 Å². The number of aliphatic hydroxyl groups excluding tert-OH is 2. The smallest absolute Gasteiger partial charge is 0.176 e. The van der Waals surface area contributed by atoms with Gasteiger partial charge in [-0.2, -0.15) is 0 Å². The monoisotopic (exact) mass is 566 g/mol. The Labute approximate surface area is 254 Å². The predicted octanol–water partition coefficient (Wildman–Crippen LogP) is 8.94. The van der Waals surface area contributed by atoms with Crippen molar-refractivity contribution in [3.63, 3.8) is 0 Å². The van der Waals surface area contributed by atoms with Gasteiger partial charge in [0.05, 0.1) is 6.61 Å². The Bertz CT molecular complexity index is 1340. The molecule has 2 aliphatic rings. The first kappa shape index (κ1) is 31.9. The van der Waals surface area contributed by atoms with Crippen LogP contribution in [0, 0.1) is 24.7 Å². The maximum absolute atomic E-state index is 9.83. The van der Waals surface area contributed by atoms with E-state index >= 15 is 0 Å². The van der Waals surface area contributed by atoms with Gasteiger partial charge < -0.3 is 14.9 Å². The zero-order chi connectivity index (χ0) is 30.1. The van der Waals surface area contributed by atoms with Crippen molar-refractivity contribution in [2.45, 2.75) is 78.9 Å². The van der Waals surface area contributed by atoms with Gasteiger partial charge >= 0.3 is 0 Å². The molecule has 0 saturated heterocycles. The van der Waals surface area contributed by atoms with Crippen LogP contribution in [0.25, 0.3) is 16.7 Å². The summed E-state index contributed by atoms with van der Waals surface area (Å²) in [4.78, 5) is 0. The first-order valence-electron chi connectivity index (χ1n) is 15.9. The second-order valence-corrected chi connectivity index (χ2v) is 12.2. The van der Waals surface area contributed by atoms with E-state index in [1.165, 1.54) is 70.2 Å². The van der Waals surface area contributed by atoms with Crippen molar-refractivity contribution in [2.75, 3.05) is 13.2 Å². The van der Waals surface area contributed by atoms with Gasteiger partial charge in [0.15, 0.2) is 6.29 Å². The van der Waals surface area contributed by atoms with E-state index in [2.05, 4.69) is 100 Å². The molecule has 0 radical (unpaired) electrons. The van der Waals surface area contributed by atoms with Crippen LogP contribution in [0.5, 0.6) is 0 Å². The third kappa shape index (κ3) is 8.31. The molecule has 4 unspecified atom stereocenters. The van der Waals surface area contributed by atoms with E-state index in [0.29, 0.717) is 24.0 Å². The molecule has 224 valence electrons. The van der Waals surface area contributed by atoms with Crippen LogP contribution in [0.4, 0.5) is 0 Å². The summed E-state index contributed by atoms with van der Waals surface area (Å²) >= 11 is 0. The molecule has 4 rings (SSSR count). The number of fused-ring (bicyclic) bond motifs is 1. The summed E-state index contributed by atoms with van der Waals surface area (Å²) in [6, 6.07) is 13.6. The molecular weight excluding hydrogens is 516 g/mol. The maximum Gasteiger partial charge on any atom is 0.176 e. The molecule has 2 aromatic carbocycles. The Hall–Kier alpha value is -2.98. The molecule has 2 aromatic rings. The number of unbranched alkanes of at least 4 members (excludes halogenated alkanes) is 2. The van der Waals surface area contributed by atoms with Crippen LogP contribution in [0.15, 0.2) is 90.6 Å². The second kappa shape index (κ2) is 15.5. The quantitative estimate of drug-likeness (QED) is 0.129. The van der Waals surface area contributed by atoms with Crippen molar-refractivity contribution >= 4 is 5.57 Å². The lowest BCUT2D eigenvalue weighted by Crippen LogP contribution is -2.21. The van der Waals surface area contributed by atoms with Crippen LogP contribution >= 0.6 is 0 Å². The molecule has 3 heteroatoms. The predicted molar refractivity (Wildman–Crippen MR) is 177 cm³/mol. The summed E-state index contributed by atoms with van der Waals surface area (Å²) < 4.78 is 5.45. The number of aliphatic hydroxyl groups is 2. The summed E-state index contributed by atoms with van der Waals surface area (Å²) in [6.45, 7) is 12.5. The summed E-state index contributed by atoms with van der Waals surface area (Å²) in [7, 11) is 0. The zero-order valence-electron chi connectivity index (χ0n) is 26.1. The van der Waals surface area contributed by atoms with Gasteiger partial charge in [0.25, 0.3) is 0 Å². The number of benzene rings is 2. The van der Waals surface area contributed by atoms with Crippen molar-refractivity contribution in [1.29, 1.82) is 0 Å². The molecule has 0 fully saturated rings. The fourth-order valence-electron chi connectivity index (χ4n) is 6.04. The Morgan fingerprint density at radius 2 is 1.71 bits per heavy atom. The van der Waals surface area contributed by atoms with E-state index in [-0.39, 0.29) is 12.5 Å². The Morgan fingerprint density at radius 1 is 0.952 bits per heavy atom. The molecular formula is C39H50O3. The number of allylic oxidation sites excluding steroid dienone is 8. The summed E-state index contributed by atoms with van der Waals surface area (Å²) in [5.41, 5.74) is 11.1. The van der Waals surface area contributed by atoms with Gasteiger partial charge in [0, 0.05) is 24.4 Å². The number of aryl methyl sites for hydroxylation is 3. The van der Waals surface area contributed by atoms with Gasteiger partial charge in [-0.3, -0.25) is 0 Å². The van der Waals surface area contributed by atoms with Crippen molar-refractivity contribution in [1.82, 2.24) is 0 Å². The van der Waals surface area contributed by atoms with Gasteiger partial charge in [-0.25, -0.2) is 0 Å².